The van der Waals surface area contributed by atoms with E-state index in [1.165, 1.54) is 5.56 Å². The standard InChI is InChI=1S/C17H24N2O3S.C2HF3O2/c20-17(19-5-1-2-6-22-19)14-9-16-15(3-7-21-16)18(11-14)10-13-4-8-23-12-13;3-2(4,5)1(6)7/h4,8,12,14-16H,1-3,5-7,9-11H2;(H,6,7)/t14-,15+,16+;/m0./s1. The number of fused-ring (bicyclic) bond motifs is 1. The van der Waals surface area contributed by atoms with Gasteiger partial charge in [0.1, 0.15) is 0 Å². The molecule has 3 saturated heterocycles. The summed E-state index contributed by atoms with van der Waals surface area (Å²) in [7, 11) is 0. The molecule has 3 atom stereocenters. The summed E-state index contributed by atoms with van der Waals surface area (Å²) in [6.45, 7) is 3.95. The van der Waals surface area contributed by atoms with Gasteiger partial charge in [0.15, 0.2) is 0 Å². The Morgan fingerprint density at radius 2 is 2.03 bits per heavy atom. The summed E-state index contributed by atoms with van der Waals surface area (Å²) < 4.78 is 37.7. The molecule has 0 aliphatic carbocycles. The third-order valence-corrected chi connectivity index (χ3v) is 6.15. The average molecular weight is 450 g/mol. The van der Waals surface area contributed by atoms with Crippen LogP contribution >= 0.6 is 11.3 Å². The van der Waals surface area contributed by atoms with Crippen molar-refractivity contribution < 1.29 is 37.4 Å². The van der Waals surface area contributed by atoms with E-state index in [4.69, 9.17) is 19.5 Å². The molecule has 3 aliphatic heterocycles. The number of ether oxygens (including phenoxy) is 1. The molecule has 4 rings (SSSR count). The van der Waals surface area contributed by atoms with Crippen LogP contribution in [0, 0.1) is 5.92 Å². The molecule has 7 nitrogen and oxygen atoms in total. The van der Waals surface area contributed by atoms with Gasteiger partial charge in [0.25, 0.3) is 5.91 Å². The summed E-state index contributed by atoms with van der Waals surface area (Å²) in [6.07, 6.45) is -0.882. The minimum atomic E-state index is -5.08. The number of hydrogen-bond acceptors (Lipinski definition) is 6. The number of alkyl halides is 3. The Morgan fingerprint density at radius 1 is 1.27 bits per heavy atom. The van der Waals surface area contributed by atoms with Crippen LogP contribution in [0.2, 0.25) is 0 Å². The van der Waals surface area contributed by atoms with Crippen LogP contribution in [-0.2, 0) is 25.7 Å². The van der Waals surface area contributed by atoms with Crippen molar-refractivity contribution in [3.05, 3.63) is 22.4 Å². The van der Waals surface area contributed by atoms with E-state index in [0.717, 1.165) is 51.9 Å². The van der Waals surface area contributed by atoms with Crippen LogP contribution < -0.4 is 0 Å². The van der Waals surface area contributed by atoms with Crippen LogP contribution in [0.4, 0.5) is 13.2 Å². The zero-order valence-corrected chi connectivity index (χ0v) is 17.2. The predicted molar refractivity (Wildman–Crippen MR) is 102 cm³/mol. The topological polar surface area (TPSA) is 79.3 Å². The van der Waals surface area contributed by atoms with E-state index >= 15 is 0 Å². The molecule has 1 aromatic heterocycles. The fourth-order valence-electron chi connectivity index (χ4n) is 4.01. The molecule has 1 amide bonds. The number of halogens is 3. The van der Waals surface area contributed by atoms with Gasteiger partial charge in [0.05, 0.1) is 18.6 Å². The van der Waals surface area contributed by atoms with Crippen molar-refractivity contribution in [3.63, 3.8) is 0 Å². The molecule has 0 bridgehead atoms. The number of carbonyl (C=O) groups is 2. The number of likely N-dealkylation sites (tertiary alicyclic amines) is 1. The highest BCUT2D eigenvalue weighted by atomic mass is 32.1. The number of rotatable bonds is 3. The van der Waals surface area contributed by atoms with E-state index in [1.54, 1.807) is 16.4 Å². The molecule has 0 spiro atoms. The normalized spacial score (nSPS) is 27.2. The third kappa shape index (κ3) is 5.93. The third-order valence-electron chi connectivity index (χ3n) is 5.42. The second-order valence-electron chi connectivity index (χ2n) is 7.54. The smallest absolute Gasteiger partial charge is 0.475 e. The zero-order valence-electron chi connectivity index (χ0n) is 16.3. The Balaban J connectivity index is 0.000000318. The van der Waals surface area contributed by atoms with Crippen LogP contribution in [0.5, 0.6) is 0 Å². The summed E-state index contributed by atoms with van der Waals surface area (Å²) in [5, 5.41) is 13.0. The first-order valence-corrected chi connectivity index (χ1v) is 10.8. The van der Waals surface area contributed by atoms with Gasteiger partial charge >= 0.3 is 12.1 Å². The van der Waals surface area contributed by atoms with Crippen LogP contribution in [0.1, 0.15) is 31.2 Å². The summed E-state index contributed by atoms with van der Waals surface area (Å²) >= 11 is 1.73. The monoisotopic (exact) mass is 450 g/mol. The molecule has 3 aliphatic rings. The largest absolute Gasteiger partial charge is 0.490 e. The molecule has 3 fully saturated rings. The second kappa shape index (κ2) is 10.1. The van der Waals surface area contributed by atoms with E-state index in [-0.39, 0.29) is 17.9 Å². The van der Waals surface area contributed by atoms with Crippen molar-refractivity contribution in [2.75, 3.05) is 26.3 Å². The van der Waals surface area contributed by atoms with Crippen molar-refractivity contribution in [3.8, 4) is 0 Å². The quantitative estimate of drug-likeness (QED) is 0.763. The summed E-state index contributed by atoms with van der Waals surface area (Å²) in [6, 6.07) is 2.63. The Morgan fingerprint density at radius 3 is 2.63 bits per heavy atom. The van der Waals surface area contributed by atoms with E-state index in [0.29, 0.717) is 12.6 Å². The van der Waals surface area contributed by atoms with Gasteiger partial charge in [-0.2, -0.15) is 24.5 Å². The lowest BCUT2D eigenvalue weighted by atomic mass is 9.89. The summed E-state index contributed by atoms with van der Waals surface area (Å²) in [4.78, 5) is 29.7. The first-order chi connectivity index (χ1) is 14.3. The molecular formula is C19H25F3N2O5S. The lowest BCUT2D eigenvalue weighted by Gasteiger charge is -2.41. The van der Waals surface area contributed by atoms with Gasteiger partial charge in [-0.15, -0.1) is 0 Å². The van der Waals surface area contributed by atoms with E-state index in [1.807, 2.05) is 0 Å². The summed E-state index contributed by atoms with van der Waals surface area (Å²) in [5.74, 6) is -2.62. The first-order valence-electron chi connectivity index (χ1n) is 9.87. The maximum absolute atomic E-state index is 12.8. The number of aliphatic carboxylic acids is 1. The molecular weight excluding hydrogens is 425 g/mol. The van der Waals surface area contributed by atoms with Crippen molar-refractivity contribution in [1.29, 1.82) is 0 Å². The maximum Gasteiger partial charge on any atom is 0.490 e. The molecule has 30 heavy (non-hydrogen) atoms. The maximum atomic E-state index is 12.8. The van der Waals surface area contributed by atoms with Gasteiger partial charge in [-0.05, 0) is 48.1 Å². The molecule has 11 heteroatoms. The highest BCUT2D eigenvalue weighted by molar-refractivity contribution is 7.07. The molecule has 0 aromatic carbocycles. The number of amides is 1. The van der Waals surface area contributed by atoms with Crippen molar-refractivity contribution in [2.45, 2.75) is 50.6 Å². The van der Waals surface area contributed by atoms with Gasteiger partial charge in [-0.25, -0.2) is 9.86 Å². The lowest BCUT2D eigenvalue weighted by molar-refractivity contribution is -0.204. The number of carboxylic acids is 1. The molecule has 1 aromatic rings. The van der Waals surface area contributed by atoms with Crippen molar-refractivity contribution in [2.24, 2.45) is 5.92 Å². The number of carbonyl (C=O) groups excluding carboxylic acids is 1. The second-order valence-corrected chi connectivity index (χ2v) is 8.32. The van der Waals surface area contributed by atoms with Gasteiger partial charge in [0.2, 0.25) is 0 Å². The first kappa shape index (κ1) is 23.0. The Kier molecular flexibility index (Phi) is 7.72. The van der Waals surface area contributed by atoms with E-state index in [9.17, 15) is 18.0 Å². The number of hydrogen-bond donors (Lipinski definition) is 1. The predicted octanol–water partition coefficient (Wildman–Crippen LogP) is 2.91. The Labute approximate surface area is 176 Å². The van der Waals surface area contributed by atoms with Gasteiger partial charge in [0, 0.05) is 32.3 Å². The number of hydroxylamine groups is 2. The number of carboxylic acid groups (broad SMARTS) is 1. The fraction of sp³-hybridized carbons (Fsp3) is 0.684. The molecule has 168 valence electrons. The molecule has 0 unspecified atom stereocenters. The van der Waals surface area contributed by atoms with Gasteiger partial charge in [-0.1, -0.05) is 0 Å². The molecule has 0 saturated carbocycles. The highest BCUT2D eigenvalue weighted by Gasteiger charge is 2.43. The van der Waals surface area contributed by atoms with Gasteiger partial charge in [-0.3, -0.25) is 14.5 Å². The van der Waals surface area contributed by atoms with Gasteiger partial charge < -0.3 is 9.84 Å². The van der Waals surface area contributed by atoms with E-state index in [2.05, 4.69) is 21.7 Å². The Hall–Kier alpha value is -1.69. The van der Waals surface area contributed by atoms with E-state index < -0.39 is 12.1 Å². The van der Waals surface area contributed by atoms with Crippen LogP contribution in [0.25, 0.3) is 0 Å². The minimum Gasteiger partial charge on any atom is -0.475 e. The zero-order chi connectivity index (χ0) is 21.7. The van der Waals surface area contributed by atoms with Crippen LogP contribution in [0.3, 0.4) is 0 Å². The van der Waals surface area contributed by atoms with Crippen LogP contribution in [-0.4, -0.2) is 71.6 Å². The molecule has 0 radical (unpaired) electrons. The number of thiophene rings is 1. The molecule has 1 N–H and O–H groups in total. The average Bonchev–Trinajstić information content (AvgIpc) is 3.39. The number of nitrogens with zero attached hydrogens (tertiary/aromatic N) is 2. The minimum absolute atomic E-state index is 0.00825. The van der Waals surface area contributed by atoms with Crippen molar-refractivity contribution in [1.82, 2.24) is 9.96 Å². The highest BCUT2D eigenvalue weighted by Crippen LogP contribution is 2.33. The van der Waals surface area contributed by atoms with Crippen LogP contribution in [0.15, 0.2) is 16.8 Å². The van der Waals surface area contributed by atoms with Crippen molar-refractivity contribution >= 4 is 23.2 Å². The molecule has 4 heterocycles. The Bertz CT molecular complexity index is 710. The fourth-order valence-corrected chi connectivity index (χ4v) is 4.67. The SMILES string of the molecule is O=C(O)C(F)(F)F.O=C([C@H]1C[C@H]2OCC[C@H]2N(Cc2ccsc2)C1)N1CCCCO1. The summed E-state index contributed by atoms with van der Waals surface area (Å²) in [5.41, 5.74) is 1.34. The number of piperidine rings is 1. The lowest BCUT2D eigenvalue weighted by Crippen LogP contribution is -2.53.